The smallest absolute Gasteiger partial charge is 0.0951 e. The summed E-state index contributed by atoms with van der Waals surface area (Å²) in [5, 5.41) is 2.05. The SMILES string of the molecule is Clc1ccc(C2c3c(c4ccccc4n3Cc3ccccc3)C=CN2Cc2ccccc2)cc1. The molecule has 1 atom stereocenters. The van der Waals surface area contributed by atoms with Crippen LogP contribution in [0.3, 0.4) is 0 Å². The van der Waals surface area contributed by atoms with Crippen LogP contribution in [0.25, 0.3) is 17.0 Å². The first-order valence-corrected chi connectivity index (χ1v) is 12.0. The van der Waals surface area contributed by atoms with Crippen molar-refractivity contribution in [2.24, 2.45) is 0 Å². The van der Waals surface area contributed by atoms with E-state index in [4.69, 9.17) is 11.6 Å². The molecule has 166 valence electrons. The van der Waals surface area contributed by atoms with E-state index in [2.05, 4.69) is 119 Å². The highest BCUT2D eigenvalue weighted by atomic mass is 35.5. The average Bonchev–Trinajstić information content (AvgIpc) is 3.19. The van der Waals surface area contributed by atoms with E-state index in [0.717, 1.165) is 18.1 Å². The number of para-hydroxylation sites is 1. The van der Waals surface area contributed by atoms with E-state index in [1.807, 2.05) is 12.1 Å². The zero-order chi connectivity index (χ0) is 22.9. The monoisotopic (exact) mass is 460 g/mol. The second kappa shape index (κ2) is 8.89. The molecule has 6 rings (SSSR count). The highest BCUT2D eigenvalue weighted by Gasteiger charge is 2.31. The summed E-state index contributed by atoms with van der Waals surface area (Å²) in [7, 11) is 0. The maximum atomic E-state index is 6.29. The van der Waals surface area contributed by atoms with E-state index in [0.29, 0.717) is 0 Å². The van der Waals surface area contributed by atoms with Crippen molar-refractivity contribution in [2.45, 2.75) is 19.1 Å². The summed E-state index contributed by atoms with van der Waals surface area (Å²) >= 11 is 6.29. The van der Waals surface area contributed by atoms with Gasteiger partial charge >= 0.3 is 0 Å². The number of hydrogen-bond donors (Lipinski definition) is 0. The largest absolute Gasteiger partial charge is 0.361 e. The Morgan fingerprint density at radius 2 is 1.26 bits per heavy atom. The average molecular weight is 461 g/mol. The molecule has 1 unspecified atom stereocenters. The van der Waals surface area contributed by atoms with Crippen molar-refractivity contribution in [1.82, 2.24) is 9.47 Å². The quantitative estimate of drug-likeness (QED) is 0.258. The van der Waals surface area contributed by atoms with E-state index < -0.39 is 0 Å². The molecule has 2 heterocycles. The van der Waals surface area contributed by atoms with Crippen LogP contribution in [0.4, 0.5) is 0 Å². The zero-order valence-electron chi connectivity index (χ0n) is 18.8. The topological polar surface area (TPSA) is 8.17 Å². The van der Waals surface area contributed by atoms with Crippen LogP contribution in [0.2, 0.25) is 5.02 Å². The summed E-state index contributed by atoms with van der Waals surface area (Å²) in [6.45, 7) is 1.66. The summed E-state index contributed by atoms with van der Waals surface area (Å²) in [6.07, 6.45) is 4.54. The summed E-state index contributed by atoms with van der Waals surface area (Å²) in [5.74, 6) is 0. The molecule has 2 nitrogen and oxygen atoms in total. The summed E-state index contributed by atoms with van der Waals surface area (Å²) < 4.78 is 2.50. The van der Waals surface area contributed by atoms with Crippen LogP contribution < -0.4 is 0 Å². The standard InChI is InChI=1S/C31H25ClN2/c32-26-17-15-25(16-18-26)30-31-28(19-20-33(30)21-23-9-3-1-4-10-23)27-13-7-8-14-29(27)34(31)22-24-11-5-2-6-12-24/h1-20,30H,21-22H2. The Bertz CT molecular complexity index is 1450. The Hall–Kier alpha value is -3.75. The van der Waals surface area contributed by atoms with Crippen LogP contribution in [-0.2, 0) is 13.1 Å². The fourth-order valence-electron chi connectivity index (χ4n) is 5.10. The Labute approximate surface area is 205 Å². The summed E-state index contributed by atoms with van der Waals surface area (Å²) in [4.78, 5) is 2.45. The van der Waals surface area contributed by atoms with Gasteiger partial charge in [-0.15, -0.1) is 0 Å². The van der Waals surface area contributed by atoms with Crippen LogP contribution in [0.15, 0.2) is 115 Å². The molecular weight excluding hydrogens is 436 g/mol. The number of aromatic nitrogens is 1. The molecule has 1 aromatic heterocycles. The highest BCUT2D eigenvalue weighted by molar-refractivity contribution is 6.30. The predicted octanol–water partition coefficient (Wildman–Crippen LogP) is 7.92. The van der Waals surface area contributed by atoms with Gasteiger partial charge < -0.3 is 9.47 Å². The van der Waals surface area contributed by atoms with Crippen molar-refractivity contribution in [3.63, 3.8) is 0 Å². The van der Waals surface area contributed by atoms with Gasteiger partial charge in [0.1, 0.15) is 0 Å². The number of halogens is 1. The first kappa shape index (κ1) is 20.8. The van der Waals surface area contributed by atoms with Gasteiger partial charge in [0.15, 0.2) is 0 Å². The maximum Gasteiger partial charge on any atom is 0.0951 e. The number of hydrogen-bond acceptors (Lipinski definition) is 1. The summed E-state index contributed by atoms with van der Waals surface area (Å²) in [5.41, 5.74) is 7.72. The van der Waals surface area contributed by atoms with Crippen LogP contribution in [0.1, 0.15) is 34.0 Å². The van der Waals surface area contributed by atoms with Crippen LogP contribution >= 0.6 is 11.6 Å². The van der Waals surface area contributed by atoms with E-state index in [9.17, 15) is 0 Å². The molecule has 0 N–H and O–H groups in total. The first-order valence-electron chi connectivity index (χ1n) is 11.7. The maximum absolute atomic E-state index is 6.29. The molecule has 1 aliphatic heterocycles. The van der Waals surface area contributed by atoms with Crippen LogP contribution in [0.5, 0.6) is 0 Å². The van der Waals surface area contributed by atoms with Gasteiger partial charge in [-0.3, -0.25) is 0 Å². The molecule has 3 heteroatoms. The number of nitrogens with zero attached hydrogens (tertiary/aromatic N) is 2. The number of fused-ring (bicyclic) bond motifs is 3. The van der Waals surface area contributed by atoms with Gasteiger partial charge in [-0.25, -0.2) is 0 Å². The lowest BCUT2D eigenvalue weighted by atomic mass is 9.94. The Balaban J connectivity index is 1.56. The predicted molar refractivity (Wildman–Crippen MR) is 142 cm³/mol. The molecule has 4 aromatic carbocycles. The minimum absolute atomic E-state index is 0.0774. The fourth-order valence-corrected chi connectivity index (χ4v) is 5.23. The molecule has 0 saturated carbocycles. The lowest BCUT2D eigenvalue weighted by Crippen LogP contribution is -2.29. The number of rotatable bonds is 5. The molecule has 0 bridgehead atoms. The Morgan fingerprint density at radius 1 is 0.647 bits per heavy atom. The third kappa shape index (κ3) is 3.81. The number of benzene rings is 4. The summed E-state index contributed by atoms with van der Waals surface area (Å²) in [6, 6.07) is 38.6. The van der Waals surface area contributed by atoms with Gasteiger partial charge in [0, 0.05) is 40.8 Å². The van der Waals surface area contributed by atoms with Gasteiger partial charge in [-0.1, -0.05) is 103 Å². The minimum atomic E-state index is 0.0774. The Morgan fingerprint density at radius 3 is 1.97 bits per heavy atom. The van der Waals surface area contributed by atoms with Crippen molar-refractivity contribution in [3.05, 3.63) is 148 Å². The molecule has 0 aliphatic carbocycles. The van der Waals surface area contributed by atoms with Gasteiger partial charge in [-0.2, -0.15) is 0 Å². The molecule has 0 saturated heterocycles. The van der Waals surface area contributed by atoms with Crippen molar-refractivity contribution in [2.75, 3.05) is 0 Å². The van der Waals surface area contributed by atoms with Gasteiger partial charge in [0.05, 0.1) is 11.7 Å². The first-order chi connectivity index (χ1) is 16.8. The van der Waals surface area contributed by atoms with E-state index >= 15 is 0 Å². The fraction of sp³-hybridized carbons (Fsp3) is 0.0968. The van der Waals surface area contributed by atoms with Gasteiger partial charge in [0.25, 0.3) is 0 Å². The van der Waals surface area contributed by atoms with E-state index in [1.54, 1.807) is 0 Å². The van der Waals surface area contributed by atoms with Crippen molar-refractivity contribution in [1.29, 1.82) is 0 Å². The van der Waals surface area contributed by atoms with Crippen molar-refractivity contribution in [3.8, 4) is 0 Å². The van der Waals surface area contributed by atoms with E-state index in [1.165, 1.54) is 38.9 Å². The minimum Gasteiger partial charge on any atom is -0.361 e. The second-order valence-electron chi connectivity index (χ2n) is 8.82. The molecular formula is C31H25ClN2. The molecule has 0 radical (unpaired) electrons. The Kier molecular flexibility index (Phi) is 5.44. The highest BCUT2D eigenvalue weighted by Crippen LogP contribution is 2.42. The zero-order valence-corrected chi connectivity index (χ0v) is 19.6. The van der Waals surface area contributed by atoms with Gasteiger partial charge in [-0.05, 0) is 41.0 Å². The van der Waals surface area contributed by atoms with Crippen LogP contribution in [0, 0.1) is 0 Å². The third-order valence-corrected chi connectivity index (χ3v) is 6.90. The van der Waals surface area contributed by atoms with Crippen molar-refractivity contribution < 1.29 is 0 Å². The normalized spacial score (nSPS) is 15.0. The molecule has 5 aromatic rings. The molecule has 0 fully saturated rings. The third-order valence-electron chi connectivity index (χ3n) is 6.65. The van der Waals surface area contributed by atoms with Crippen LogP contribution in [-0.4, -0.2) is 9.47 Å². The molecule has 1 aliphatic rings. The van der Waals surface area contributed by atoms with E-state index in [-0.39, 0.29) is 6.04 Å². The molecule has 34 heavy (non-hydrogen) atoms. The molecule has 0 amide bonds. The van der Waals surface area contributed by atoms with Crippen molar-refractivity contribution >= 4 is 28.6 Å². The lowest BCUT2D eigenvalue weighted by molar-refractivity contribution is 0.296. The van der Waals surface area contributed by atoms with Gasteiger partial charge in [0.2, 0.25) is 0 Å². The molecule has 0 spiro atoms. The second-order valence-corrected chi connectivity index (χ2v) is 9.25. The lowest BCUT2D eigenvalue weighted by Gasteiger charge is -2.35.